The lowest BCUT2D eigenvalue weighted by Gasteiger charge is -2.71. The van der Waals surface area contributed by atoms with Gasteiger partial charge in [0, 0.05) is 51.2 Å². The number of para-hydroxylation sites is 1. The van der Waals surface area contributed by atoms with Crippen LogP contribution in [0.5, 0.6) is 5.75 Å². The standard InChI is InChI=1S/C39H36Cl2N2O3/c40-22-45-27-8-5-7-25(19-27)37-21-29-28-9-2-4-11-31(28)42-36(29)39(20-24-6-1-3-10-30(24)41)38(37)16-17-43(26-13-14-26)33(37)18-23-12-15-32(44)35(46-39)34(23)38/h1-12,15,19,23,26,33-34,42,44H,13-14,16-18,20-22H2/t23?,33?,34?,37-,38-,39+/m1/s1. The Labute approximate surface area is 278 Å². The number of aromatic nitrogens is 1. The number of aliphatic hydroxyl groups excluding tert-OH is 1. The summed E-state index contributed by atoms with van der Waals surface area (Å²) in [5, 5.41) is 13.7. The second-order valence-corrected chi connectivity index (χ2v) is 15.0. The van der Waals surface area contributed by atoms with Crippen LogP contribution >= 0.6 is 23.2 Å². The number of halogens is 2. The Morgan fingerprint density at radius 2 is 1.89 bits per heavy atom. The van der Waals surface area contributed by atoms with Crippen LogP contribution in [0.4, 0.5) is 0 Å². The van der Waals surface area contributed by atoms with Gasteiger partial charge in [-0.25, -0.2) is 0 Å². The zero-order valence-corrected chi connectivity index (χ0v) is 27.0. The first-order valence-corrected chi connectivity index (χ1v) is 17.6. The van der Waals surface area contributed by atoms with Crippen molar-refractivity contribution in [3.8, 4) is 5.75 Å². The molecular weight excluding hydrogens is 615 g/mol. The van der Waals surface area contributed by atoms with Gasteiger partial charge in [0.15, 0.2) is 17.4 Å². The Morgan fingerprint density at radius 1 is 1.04 bits per heavy atom. The van der Waals surface area contributed by atoms with Crippen molar-refractivity contribution in [1.29, 1.82) is 0 Å². The molecular formula is C39H36Cl2N2O3. The van der Waals surface area contributed by atoms with E-state index in [1.807, 2.05) is 24.3 Å². The number of aromatic amines is 1. The Kier molecular flexibility index (Phi) is 5.78. The minimum atomic E-state index is -0.805. The van der Waals surface area contributed by atoms with E-state index in [0.29, 0.717) is 12.5 Å². The van der Waals surface area contributed by atoms with Gasteiger partial charge >= 0.3 is 0 Å². The molecule has 46 heavy (non-hydrogen) atoms. The zero-order chi connectivity index (χ0) is 30.8. The Morgan fingerprint density at radius 3 is 2.74 bits per heavy atom. The Hall–Kier alpha value is -3.38. The summed E-state index contributed by atoms with van der Waals surface area (Å²) in [6, 6.07) is 26.6. The monoisotopic (exact) mass is 650 g/mol. The van der Waals surface area contributed by atoms with E-state index in [0.717, 1.165) is 59.1 Å². The molecule has 7 heteroatoms. The third-order valence-electron chi connectivity index (χ3n) is 12.7. The number of allylic oxidation sites excluding steroid dienone is 3. The van der Waals surface area contributed by atoms with E-state index < -0.39 is 5.60 Å². The highest BCUT2D eigenvalue weighted by molar-refractivity contribution is 6.31. The predicted molar refractivity (Wildman–Crippen MR) is 180 cm³/mol. The molecule has 234 valence electrons. The number of fused-ring (bicyclic) bond motifs is 4. The maximum atomic E-state index is 11.7. The van der Waals surface area contributed by atoms with Crippen LogP contribution in [0.25, 0.3) is 10.9 Å². The third kappa shape index (κ3) is 3.32. The maximum absolute atomic E-state index is 11.7. The van der Waals surface area contributed by atoms with Crippen LogP contribution in [0, 0.1) is 17.3 Å². The van der Waals surface area contributed by atoms with E-state index in [9.17, 15) is 5.11 Å². The molecule has 0 radical (unpaired) electrons. The number of likely N-dealkylation sites (tertiary alicyclic amines) is 1. The van der Waals surface area contributed by atoms with Crippen molar-refractivity contribution in [2.45, 2.75) is 61.6 Å². The second-order valence-electron chi connectivity index (χ2n) is 14.3. The van der Waals surface area contributed by atoms with Crippen LogP contribution in [0.15, 0.2) is 96.5 Å². The normalized spacial score (nSPS) is 33.9. The van der Waals surface area contributed by atoms with Gasteiger partial charge in [-0.1, -0.05) is 77.8 Å². The van der Waals surface area contributed by atoms with E-state index in [2.05, 4.69) is 70.6 Å². The summed E-state index contributed by atoms with van der Waals surface area (Å²) in [7, 11) is 0. The highest BCUT2D eigenvalue weighted by Gasteiger charge is 2.82. The van der Waals surface area contributed by atoms with Crippen molar-refractivity contribution < 1.29 is 14.6 Å². The number of hydrogen-bond acceptors (Lipinski definition) is 4. The molecule has 1 spiro atoms. The lowest BCUT2D eigenvalue weighted by molar-refractivity contribution is -0.198. The number of nitrogens with one attached hydrogen (secondary N) is 1. The fourth-order valence-electron chi connectivity index (χ4n) is 11.1. The highest BCUT2D eigenvalue weighted by atomic mass is 35.5. The first kappa shape index (κ1) is 27.7. The van der Waals surface area contributed by atoms with E-state index in [1.54, 1.807) is 0 Å². The summed E-state index contributed by atoms with van der Waals surface area (Å²) in [5.41, 5.74) is 4.39. The predicted octanol–water partition coefficient (Wildman–Crippen LogP) is 8.56. The minimum absolute atomic E-state index is 0.0229. The van der Waals surface area contributed by atoms with Crippen LogP contribution in [-0.4, -0.2) is 39.7 Å². The number of ether oxygens (including phenoxy) is 2. The lowest BCUT2D eigenvalue weighted by Crippen LogP contribution is -2.77. The van der Waals surface area contributed by atoms with Gasteiger partial charge in [-0.05, 0) is 91.6 Å². The molecule has 5 nitrogen and oxygen atoms in total. The average molecular weight is 652 g/mol. The van der Waals surface area contributed by atoms with E-state index in [-0.39, 0.29) is 40.5 Å². The van der Waals surface area contributed by atoms with E-state index >= 15 is 0 Å². The number of hydrogen-bond donors (Lipinski definition) is 2. The van der Waals surface area contributed by atoms with Gasteiger partial charge in [0.1, 0.15) is 11.5 Å². The second kappa shape index (κ2) is 9.59. The van der Waals surface area contributed by atoms with E-state index in [4.69, 9.17) is 32.7 Å². The molecule has 2 bridgehead atoms. The molecule has 4 aliphatic carbocycles. The first-order valence-electron chi connectivity index (χ1n) is 16.7. The molecule has 3 unspecified atom stereocenters. The molecule has 1 aromatic heterocycles. The highest BCUT2D eigenvalue weighted by Crippen LogP contribution is 2.79. The molecule has 6 aliphatic rings. The Balaban J connectivity index is 1.36. The smallest absolute Gasteiger partial charge is 0.162 e. The summed E-state index contributed by atoms with van der Waals surface area (Å²) in [6.07, 6.45) is 10.1. The molecule has 3 heterocycles. The quantitative estimate of drug-likeness (QED) is 0.205. The van der Waals surface area contributed by atoms with Crippen LogP contribution in [0.3, 0.4) is 0 Å². The van der Waals surface area contributed by atoms with Crippen molar-refractivity contribution in [3.63, 3.8) is 0 Å². The summed E-state index contributed by atoms with van der Waals surface area (Å²) >= 11 is 13.2. The molecule has 4 fully saturated rings. The average Bonchev–Trinajstić information content (AvgIpc) is 3.77. The van der Waals surface area contributed by atoms with E-state index in [1.165, 1.54) is 29.4 Å². The summed E-state index contributed by atoms with van der Waals surface area (Å²) < 4.78 is 13.6. The summed E-state index contributed by atoms with van der Waals surface area (Å²) in [6.45, 7) is 1.01. The fourth-order valence-corrected chi connectivity index (χ4v) is 11.5. The first-order chi connectivity index (χ1) is 22.5. The van der Waals surface area contributed by atoms with Crippen molar-refractivity contribution >= 4 is 34.1 Å². The Bertz CT molecular complexity index is 1980. The number of aliphatic hydroxyl groups is 1. The number of rotatable bonds is 6. The van der Waals surface area contributed by atoms with Gasteiger partial charge in [0.2, 0.25) is 0 Å². The molecule has 10 rings (SSSR count). The van der Waals surface area contributed by atoms with Crippen LogP contribution in [0.2, 0.25) is 5.02 Å². The molecule has 4 aromatic rings. The minimum Gasteiger partial charge on any atom is -0.504 e. The number of H-pyrrole nitrogens is 1. The number of piperidine rings is 1. The topological polar surface area (TPSA) is 57.7 Å². The molecule has 6 atom stereocenters. The van der Waals surface area contributed by atoms with Gasteiger partial charge in [-0.15, -0.1) is 0 Å². The largest absolute Gasteiger partial charge is 0.504 e. The zero-order valence-electron chi connectivity index (χ0n) is 25.5. The van der Waals surface area contributed by atoms with Crippen LogP contribution in [-0.2, 0) is 28.6 Å². The van der Waals surface area contributed by atoms with Crippen LogP contribution in [0.1, 0.15) is 48.1 Å². The number of benzene rings is 3. The molecule has 2 N–H and O–H groups in total. The number of alkyl halides is 1. The van der Waals surface area contributed by atoms with Crippen molar-refractivity contribution in [2.75, 3.05) is 12.6 Å². The van der Waals surface area contributed by atoms with Gasteiger partial charge in [0.25, 0.3) is 0 Å². The van der Waals surface area contributed by atoms with Crippen LogP contribution < -0.4 is 4.74 Å². The SMILES string of the molecule is OC1=C2O[C@@]3(Cc4ccccc4Cl)c4[nH]c5ccccc5c4C[C@@]4(c5cccc(OCCl)c5)C5CC(C=C1)C2[C@@]34CCN5C1CC1. The van der Waals surface area contributed by atoms with Gasteiger partial charge in [-0.2, -0.15) is 0 Å². The van der Waals surface area contributed by atoms with Gasteiger partial charge < -0.3 is 19.6 Å². The molecule has 0 amide bonds. The molecule has 2 saturated heterocycles. The maximum Gasteiger partial charge on any atom is 0.162 e. The number of nitrogens with zero attached hydrogens (tertiary/aromatic N) is 1. The molecule has 2 aliphatic heterocycles. The van der Waals surface area contributed by atoms with Crippen molar-refractivity contribution in [3.05, 3.63) is 124 Å². The third-order valence-corrected chi connectivity index (χ3v) is 13.2. The van der Waals surface area contributed by atoms with Gasteiger partial charge in [-0.3, -0.25) is 4.90 Å². The summed E-state index contributed by atoms with van der Waals surface area (Å²) in [4.78, 5) is 6.81. The molecule has 3 aromatic carbocycles. The molecule has 2 saturated carbocycles. The fraction of sp³-hybridized carbons (Fsp3) is 0.385. The van der Waals surface area contributed by atoms with Crippen molar-refractivity contribution in [2.24, 2.45) is 17.3 Å². The van der Waals surface area contributed by atoms with Crippen molar-refractivity contribution in [1.82, 2.24) is 9.88 Å². The summed E-state index contributed by atoms with van der Waals surface area (Å²) in [5.74, 6) is 2.08. The lowest BCUT2D eigenvalue weighted by atomic mass is 9.34. The van der Waals surface area contributed by atoms with Gasteiger partial charge in [0.05, 0.1) is 5.69 Å².